The molecule has 1 aliphatic heterocycles. The highest BCUT2D eigenvalue weighted by molar-refractivity contribution is 6.03. The van der Waals surface area contributed by atoms with Crippen molar-refractivity contribution in [2.24, 2.45) is 0 Å². The minimum absolute atomic E-state index is 0.0478. The molecule has 0 radical (unpaired) electrons. The van der Waals surface area contributed by atoms with Gasteiger partial charge in [0, 0.05) is 24.3 Å². The van der Waals surface area contributed by atoms with E-state index in [1.165, 1.54) is 0 Å². The third kappa shape index (κ3) is 3.29. The highest BCUT2D eigenvalue weighted by atomic mass is 16.5. The van der Waals surface area contributed by atoms with Crippen molar-refractivity contribution in [1.29, 1.82) is 0 Å². The van der Waals surface area contributed by atoms with Gasteiger partial charge in [-0.15, -0.1) is 0 Å². The van der Waals surface area contributed by atoms with E-state index in [0.29, 0.717) is 24.4 Å². The van der Waals surface area contributed by atoms with E-state index in [9.17, 15) is 9.59 Å². The second-order valence-electron chi connectivity index (χ2n) is 6.38. The van der Waals surface area contributed by atoms with Crippen molar-refractivity contribution in [2.45, 2.75) is 26.3 Å². The molecule has 26 heavy (non-hydrogen) atoms. The smallest absolute Gasteiger partial charge is 0.254 e. The lowest BCUT2D eigenvalue weighted by Crippen LogP contribution is -2.58. The van der Waals surface area contributed by atoms with E-state index in [-0.39, 0.29) is 11.8 Å². The molecule has 0 N–H and O–H groups in total. The van der Waals surface area contributed by atoms with Crippen LogP contribution in [0.2, 0.25) is 0 Å². The molecule has 1 atom stereocenters. The van der Waals surface area contributed by atoms with Crippen LogP contribution < -0.4 is 9.64 Å². The molecular weight excluding hydrogens is 328 g/mol. The first-order valence-corrected chi connectivity index (χ1v) is 8.91. The Labute approximate surface area is 154 Å². The predicted molar refractivity (Wildman–Crippen MR) is 102 cm³/mol. The first-order valence-electron chi connectivity index (χ1n) is 8.91. The van der Waals surface area contributed by atoms with E-state index in [1.54, 1.807) is 48.1 Å². The van der Waals surface area contributed by atoms with Gasteiger partial charge in [-0.25, -0.2) is 0 Å². The Hall–Kier alpha value is -2.82. The Morgan fingerprint density at radius 2 is 1.92 bits per heavy atom. The van der Waals surface area contributed by atoms with Gasteiger partial charge in [-0.3, -0.25) is 9.59 Å². The van der Waals surface area contributed by atoms with Crippen molar-refractivity contribution < 1.29 is 14.3 Å². The van der Waals surface area contributed by atoms with Crippen LogP contribution >= 0.6 is 0 Å². The summed E-state index contributed by atoms with van der Waals surface area (Å²) < 4.78 is 5.19. The predicted octanol–water partition coefficient (Wildman–Crippen LogP) is 3.14. The van der Waals surface area contributed by atoms with Crippen LogP contribution in [-0.2, 0) is 11.2 Å². The Balaban J connectivity index is 1.82. The lowest BCUT2D eigenvalue weighted by Gasteiger charge is -2.39. The lowest BCUT2D eigenvalue weighted by molar-refractivity contribution is -0.124. The van der Waals surface area contributed by atoms with Gasteiger partial charge in [0.25, 0.3) is 5.91 Å². The summed E-state index contributed by atoms with van der Waals surface area (Å²) in [6, 6.07) is 14.5. The van der Waals surface area contributed by atoms with E-state index in [4.69, 9.17) is 4.74 Å². The summed E-state index contributed by atoms with van der Waals surface area (Å²) in [5.74, 6) is 0.437. The lowest BCUT2D eigenvalue weighted by atomic mass is 10.1. The molecule has 1 aliphatic rings. The van der Waals surface area contributed by atoms with Gasteiger partial charge in [0.15, 0.2) is 0 Å². The fourth-order valence-corrected chi connectivity index (χ4v) is 3.38. The van der Waals surface area contributed by atoms with Gasteiger partial charge < -0.3 is 14.5 Å². The van der Waals surface area contributed by atoms with Crippen LogP contribution in [0.5, 0.6) is 5.75 Å². The molecule has 5 heteroatoms. The third-order valence-electron chi connectivity index (χ3n) is 4.90. The number of carbonyl (C=O) groups is 2. The maximum Gasteiger partial charge on any atom is 0.254 e. The molecule has 0 aromatic heterocycles. The molecule has 0 bridgehead atoms. The van der Waals surface area contributed by atoms with Crippen molar-refractivity contribution in [3.63, 3.8) is 0 Å². The van der Waals surface area contributed by atoms with Crippen molar-refractivity contribution in [3.8, 4) is 5.75 Å². The maximum atomic E-state index is 13.0. The number of benzene rings is 2. The van der Waals surface area contributed by atoms with Crippen LogP contribution in [0.4, 0.5) is 5.69 Å². The van der Waals surface area contributed by atoms with E-state index >= 15 is 0 Å². The van der Waals surface area contributed by atoms with Gasteiger partial charge in [0.1, 0.15) is 11.8 Å². The van der Waals surface area contributed by atoms with E-state index < -0.39 is 6.04 Å². The Morgan fingerprint density at radius 1 is 1.15 bits per heavy atom. The third-order valence-corrected chi connectivity index (χ3v) is 4.90. The molecule has 5 nitrogen and oxygen atoms in total. The van der Waals surface area contributed by atoms with Crippen molar-refractivity contribution >= 4 is 17.5 Å². The average molecular weight is 352 g/mol. The van der Waals surface area contributed by atoms with Crippen molar-refractivity contribution in [3.05, 3.63) is 59.7 Å². The number of para-hydroxylation sites is 1. The summed E-state index contributed by atoms with van der Waals surface area (Å²) in [6.45, 7) is 4.87. The monoisotopic (exact) mass is 352 g/mol. The van der Waals surface area contributed by atoms with E-state index in [2.05, 4.69) is 6.92 Å². The number of carbonyl (C=O) groups excluding carboxylic acids is 2. The highest BCUT2D eigenvalue weighted by Crippen LogP contribution is 2.26. The molecule has 1 fully saturated rings. The minimum atomic E-state index is -0.507. The highest BCUT2D eigenvalue weighted by Gasteiger charge is 2.35. The molecule has 2 amide bonds. The molecule has 0 saturated carbocycles. The Morgan fingerprint density at radius 3 is 2.65 bits per heavy atom. The second kappa shape index (κ2) is 7.60. The van der Waals surface area contributed by atoms with Gasteiger partial charge in [0.2, 0.25) is 5.91 Å². The van der Waals surface area contributed by atoms with Crippen LogP contribution in [0.3, 0.4) is 0 Å². The molecule has 0 unspecified atom stereocenters. The van der Waals surface area contributed by atoms with Gasteiger partial charge >= 0.3 is 0 Å². The standard InChI is InChI=1S/C21H24N2O3/c1-4-16-8-5-6-11-19(16)23-13-12-22(15(2)20(23)24)21(25)17-9-7-10-18(14-17)26-3/h5-11,14-15H,4,12-13H2,1-3H3/t15-/m1/s1. The zero-order valence-electron chi connectivity index (χ0n) is 15.4. The Bertz CT molecular complexity index is 818. The van der Waals surface area contributed by atoms with Crippen molar-refractivity contribution in [2.75, 3.05) is 25.1 Å². The van der Waals surface area contributed by atoms with E-state index in [1.807, 2.05) is 24.3 Å². The molecule has 2 aromatic carbocycles. The van der Waals surface area contributed by atoms with Crippen LogP contribution in [0.1, 0.15) is 29.8 Å². The molecule has 3 rings (SSSR count). The number of hydrogen-bond donors (Lipinski definition) is 0. The number of hydrogen-bond acceptors (Lipinski definition) is 3. The number of amides is 2. The van der Waals surface area contributed by atoms with Crippen LogP contribution in [0, 0.1) is 0 Å². The minimum Gasteiger partial charge on any atom is -0.497 e. The summed E-state index contributed by atoms with van der Waals surface area (Å²) in [4.78, 5) is 29.3. The van der Waals surface area contributed by atoms with Gasteiger partial charge in [-0.2, -0.15) is 0 Å². The summed E-state index contributed by atoms with van der Waals surface area (Å²) in [5.41, 5.74) is 2.62. The number of nitrogens with zero attached hydrogens (tertiary/aromatic N) is 2. The fourth-order valence-electron chi connectivity index (χ4n) is 3.38. The quantitative estimate of drug-likeness (QED) is 0.849. The molecule has 136 valence electrons. The zero-order valence-corrected chi connectivity index (χ0v) is 15.4. The number of piperazine rings is 1. The normalized spacial score (nSPS) is 17.3. The van der Waals surface area contributed by atoms with E-state index in [0.717, 1.165) is 17.7 Å². The fraction of sp³-hybridized carbons (Fsp3) is 0.333. The first kappa shape index (κ1) is 18.0. The summed E-state index contributed by atoms with van der Waals surface area (Å²) in [6.07, 6.45) is 0.862. The number of anilines is 1. The number of ether oxygens (including phenoxy) is 1. The number of aryl methyl sites for hydroxylation is 1. The van der Waals surface area contributed by atoms with Gasteiger partial charge in [-0.1, -0.05) is 31.2 Å². The summed E-state index contributed by atoms with van der Waals surface area (Å²) in [7, 11) is 1.57. The topological polar surface area (TPSA) is 49.9 Å². The largest absolute Gasteiger partial charge is 0.497 e. The van der Waals surface area contributed by atoms with Crippen molar-refractivity contribution in [1.82, 2.24) is 4.90 Å². The first-order chi connectivity index (χ1) is 12.6. The van der Waals surface area contributed by atoms with Crippen LogP contribution in [0.15, 0.2) is 48.5 Å². The molecule has 1 heterocycles. The molecule has 0 aliphatic carbocycles. The van der Waals surface area contributed by atoms with Gasteiger partial charge in [0.05, 0.1) is 7.11 Å². The second-order valence-corrected chi connectivity index (χ2v) is 6.38. The van der Waals surface area contributed by atoms with Crippen LogP contribution in [-0.4, -0.2) is 43.0 Å². The van der Waals surface area contributed by atoms with Crippen LogP contribution in [0.25, 0.3) is 0 Å². The Kier molecular flexibility index (Phi) is 5.26. The molecule has 0 spiro atoms. The zero-order chi connectivity index (χ0) is 18.7. The molecule has 2 aromatic rings. The number of rotatable bonds is 4. The summed E-state index contributed by atoms with van der Waals surface area (Å²) in [5, 5.41) is 0. The molecule has 1 saturated heterocycles. The SMILES string of the molecule is CCc1ccccc1N1CCN(C(=O)c2cccc(OC)c2)[C@H](C)C1=O. The maximum absolute atomic E-state index is 13.0. The average Bonchev–Trinajstić information content (AvgIpc) is 2.69. The summed E-state index contributed by atoms with van der Waals surface area (Å²) >= 11 is 0. The van der Waals surface area contributed by atoms with Gasteiger partial charge in [-0.05, 0) is 43.2 Å². The number of methoxy groups -OCH3 is 1. The molecular formula is C21H24N2O3.